The summed E-state index contributed by atoms with van der Waals surface area (Å²) in [5, 5.41) is 7.73. The topological polar surface area (TPSA) is 96.5 Å². The van der Waals surface area contributed by atoms with E-state index in [0.717, 1.165) is 6.08 Å². The summed E-state index contributed by atoms with van der Waals surface area (Å²) in [4.78, 5) is 33.3. The fourth-order valence-corrected chi connectivity index (χ4v) is 1.43. The van der Waals surface area contributed by atoms with Gasteiger partial charge in [-0.25, -0.2) is 9.59 Å². The number of carbonyl (C=O) groups excluding carboxylic acids is 3. The summed E-state index contributed by atoms with van der Waals surface area (Å²) in [6, 6.07) is 6.28. The number of esters is 1. The van der Waals surface area contributed by atoms with E-state index in [2.05, 4.69) is 22.5 Å². The van der Waals surface area contributed by atoms with Gasteiger partial charge in [0.25, 0.3) is 0 Å². The molecule has 0 bridgehead atoms. The molecule has 0 aliphatic carbocycles. The van der Waals surface area contributed by atoms with Gasteiger partial charge in [0.05, 0.1) is 6.54 Å². The highest BCUT2D eigenvalue weighted by Gasteiger charge is 2.03. The van der Waals surface area contributed by atoms with E-state index < -0.39 is 12.0 Å². The van der Waals surface area contributed by atoms with Gasteiger partial charge in [0.15, 0.2) is 0 Å². The Morgan fingerprint density at radius 1 is 1.24 bits per heavy atom. The van der Waals surface area contributed by atoms with Gasteiger partial charge in [0.2, 0.25) is 5.91 Å². The molecule has 0 aromatic heterocycles. The maximum Gasteiger partial charge on any atom is 0.330 e. The Morgan fingerprint density at radius 3 is 2.52 bits per heavy atom. The molecule has 1 rings (SSSR count). The van der Waals surface area contributed by atoms with Gasteiger partial charge < -0.3 is 20.7 Å². The van der Waals surface area contributed by atoms with Crippen LogP contribution >= 0.6 is 0 Å². The minimum Gasteiger partial charge on any atom is -0.461 e. The SMILES string of the molecule is C=CC(=O)OCCNC(=O)Nc1cccc(NC(C)=O)c1. The van der Waals surface area contributed by atoms with Crippen LogP contribution in [0.2, 0.25) is 0 Å². The van der Waals surface area contributed by atoms with Crippen LogP contribution in [-0.2, 0) is 14.3 Å². The first kappa shape index (κ1) is 16.2. The summed E-state index contributed by atoms with van der Waals surface area (Å²) in [5.41, 5.74) is 1.11. The van der Waals surface area contributed by atoms with E-state index in [-0.39, 0.29) is 19.1 Å². The highest BCUT2D eigenvalue weighted by atomic mass is 16.5. The molecule has 0 saturated heterocycles. The van der Waals surface area contributed by atoms with E-state index in [1.165, 1.54) is 6.92 Å². The Hall–Kier alpha value is -2.83. The summed E-state index contributed by atoms with van der Waals surface area (Å²) < 4.78 is 4.71. The van der Waals surface area contributed by atoms with Crippen molar-refractivity contribution in [3.8, 4) is 0 Å². The largest absolute Gasteiger partial charge is 0.461 e. The van der Waals surface area contributed by atoms with Crippen LogP contribution in [0.5, 0.6) is 0 Å². The molecule has 21 heavy (non-hydrogen) atoms. The van der Waals surface area contributed by atoms with Crippen molar-refractivity contribution < 1.29 is 19.1 Å². The van der Waals surface area contributed by atoms with E-state index in [0.29, 0.717) is 11.4 Å². The van der Waals surface area contributed by atoms with Crippen molar-refractivity contribution in [2.75, 3.05) is 23.8 Å². The highest BCUT2D eigenvalue weighted by Crippen LogP contribution is 2.14. The number of nitrogens with one attached hydrogen (secondary N) is 3. The minimum atomic E-state index is -0.541. The molecule has 7 nitrogen and oxygen atoms in total. The summed E-state index contributed by atoms with van der Waals surface area (Å²) in [5.74, 6) is -0.735. The maximum absolute atomic E-state index is 11.6. The van der Waals surface area contributed by atoms with Crippen molar-refractivity contribution in [1.29, 1.82) is 0 Å². The average molecular weight is 291 g/mol. The minimum absolute atomic E-state index is 0.0597. The predicted octanol–water partition coefficient (Wildman–Crippen LogP) is 1.50. The number of carbonyl (C=O) groups is 3. The Bertz CT molecular complexity index is 543. The number of hydrogen-bond acceptors (Lipinski definition) is 4. The molecule has 0 aliphatic rings. The van der Waals surface area contributed by atoms with Crippen molar-refractivity contribution in [3.63, 3.8) is 0 Å². The third kappa shape index (κ3) is 6.76. The molecule has 3 amide bonds. The molecule has 0 spiro atoms. The number of ether oxygens (including phenoxy) is 1. The van der Waals surface area contributed by atoms with E-state index in [9.17, 15) is 14.4 Å². The van der Waals surface area contributed by atoms with Gasteiger partial charge in [0.1, 0.15) is 6.61 Å². The highest BCUT2D eigenvalue weighted by molar-refractivity contribution is 5.92. The lowest BCUT2D eigenvalue weighted by molar-refractivity contribution is -0.137. The molecule has 0 radical (unpaired) electrons. The summed E-state index contributed by atoms with van der Waals surface area (Å²) >= 11 is 0. The zero-order valence-electron chi connectivity index (χ0n) is 11.6. The van der Waals surface area contributed by atoms with Crippen LogP contribution < -0.4 is 16.0 Å². The van der Waals surface area contributed by atoms with Crippen LogP contribution in [0.15, 0.2) is 36.9 Å². The second kappa shape index (κ2) is 8.36. The monoisotopic (exact) mass is 291 g/mol. The number of rotatable bonds is 6. The number of urea groups is 1. The molecule has 0 unspecified atom stereocenters. The molecule has 0 fully saturated rings. The summed E-state index contributed by atoms with van der Waals surface area (Å²) in [6.45, 7) is 4.89. The first-order valence-electron chi connectivity index (χ1n) is 6.23. The Balaban J connectivity index is 2.38. The molecule has 0 atom stereocenters. The van der Waals surface area contributed by atoms with Gasteiger partial charge in [-0.3, -0.25) is 4.79 Å². The molecule has 0 aliphatic heterocycles. The Kier molecular flexibility index (Phi) is 6.46. The van der Waals surface area contributed by atoms with E-state index >= 15 is 0 Å². The van der Waals surface area contributed by atoms with Gasteiger partial charge in [0, 0.05) is 24.4 Å². The summed E-state index contributed by atoms with van der Waals surface area (Å²) in [6.07, 6.45) is 1.05. The number of anilines is 2. The quantitative estimate of drug-likeness (QED) is 0.420. The maximum atomic E-state index is 11.6. The van der Waals surface area contributed by atoms with Crippen LogP contribution in [0.4, 0.5) is 16.2 Å². The first-order chi connectivity index (χ1) is 10.0. The second-order valence-corrected chi connectivity index (χ2v) is 4.01. The third-order valence-corrected chi connectivity index (χ3v) is 2.24. The smallest absolute Gasteiger partial charge is 0.330 e. The summed E-state index contributed by atoms with van der Waals surface area (Å²) in [7, 11) is 0. The van der Waals surface area contributed by atoms with Gasteiger partial charge >= 0.3 is 12.0 Å². The second-order valence-electron chi connectivity index (χ2n) is 4.01. The Labute approximate surface area is 122 Å². The lowest BCUT2D eigenvalue weighted by Gasteiger charge is -2.09. The molecule has 112 valence electrons. The van der Waals surface area contributed by atoms with E-state index in [1.807, 2.05) is 0 Å². The van der Waals surface area contributed by atoms with Crippen molar-refractivity contribution in [1.82, 2.24) is 5.32 Å². The molecule has 1 aromatic carbocycles. The molecular weight excluding hydrogens is 274 g/mol. The van der Waals surface area contributed by atoms with Gasteiger partial charge in [-0.2, -0.15) is 0 Å². The zero-order chi connectivity index (χ0) is 15.7. The van der Waals surface area contributed by atoms with Crippen LogP contribution in [0, 0.1) is 0 Å². The van der Waals surface area contributed by atoms with Crippen LogP contribution in [0.1, 0.15) is 6.92 Å². The normalized spacial score (nSPS) is 9.38. The fourth-order valence-electron chi connectivity index (χ4n) is 1.43. The fraction of sp³-hybridized carbons (Fsp3) is 0.214. The molecule has 0 saturated carbocycles. The van der Waals surface area contributed by atoms with Crippen molar-refractivity contribution in [2.45, 2.75) is 6.92 Å². The van der Waals surface area contributed by atoms with E-state index in [4.69, 9.17) is 4.74 Å². The number of hydrogen-bond donors (Lipinski definition) is 3. The predicted molar refractivity (Wildman–Crippen MR) is 78.9 cm³/mol. The van der Waals surface area contributed by atoms with Gasteiger partial charge in [-0.15, -0.1) is 0 Å². The molecular formula is C14H17N3O4. The number of benzene rings is 1. The Morgan fingerprint density at radius 2 is 1.90 bits per heavy atom. The standard InChI is InChI=1S/C14H17N3O4/c1-3-13(19)21-8-7-15-14(20)17-12-6-4-5-11(9-12)16-10(2)18/h3-6,9H,1,7-8H2,2H3,(H,16,18)(H2,15,17,20). The zero-order valence-corrected chi connectivity index (χ0v) is 11.6. The van der Waals surface area contributed by atoms with E-state index in [1.54, 1.807) is 24.3 Å². The van der Waals surface area contributed by atoms with Crippen LogP contribution in [0.25, 0.3) is 0 Å². The number of amides is 3. The van der Waals surface area contributed by atoms with Gasteiger partial charge in [-0.1, -0.05) is 12.6 Å². The lowest BCUT2D eigenvalue weighted by Crippen LogP contribution is -2.32. The molecule has 7 heteroatoms. The van der Waals surface area contributed by atoms with Crippen molar-refractivity contribution in [3.05, 3.63) is 36.9 Å². The molecule has 3 N–H and O–H groups in total. The van der Waals surface area contributed by atoms with Crippen molar-refractivity contribution in [2.24, 2.45) is 0 Å². The van der Waals surface area contributed by atoms with Crippen LogP contribution in [-0.4, -0.2) is 31.1 Å². The first-order valence-corrected chi connectivity index (χ1v) is 6.23. The van der Waals surface area contributed by atoms with Crippen molar-refractivity contribution >= 4 is 29.3 Å². The molecule has 1 aromatic rings. The third-order valence-electron chi connectivity index (χ3n) is 2.24. The average Bonchev–Trinajstić information content (AvgIpc) is 2.43. The molecule has 0 heterocycles. The lowest BCUT2D eigenvalue weighted by atomic mass is 10.3. The van der Waals surface area contributed by atoms with Gasteiger partial charge in [-0.05, 0) is 18.2 Å². The van der Waals surface area contributed by atoms with Crippen LogP contribution in [0.3, 0.4) is 0 Å².